The lowest BCUT2D eigenvalue weighted by molar-refractivity contribution is -0.384. The van der Waals surface area contributed by atoms with Crippen LogP contribution in [0.3, 0.4) is 0 Å². The summed E-state index contributed by atoms with van der Waals surface area (Å²) < 4.78 is 0. The van der Waals surface area contributed by atoms with Crippen LogP contribution in [-0.2, 0) is 13.0 Å². The molecule has 0 saturated carbocycles. The van der Waals surface area contributed by atoms with Crippen LogP contribution in [0.5, 0.6) is 0 Å². The maximum absolute atomic E-state index is 10.8. The summed E-state index contributed by atoms with van der Waals surface area (Å²) >= 11 is 6.12. The van der Waals surface area contributed by atoms with Crippen LogP contribution in [0.4, 0.5) is 5.69 Å². The van der Waals surface area contributed by atoms with Gasteiger partial charge in [0.15, 0.2) is 0 Å². The summed E-state index contributed by atoms with van der Waals surface area (Å²) in [6.45, 7) is 0.527. The third-order valence-electron chi connectivity index (χ3n) is 3.91. The van der Waals surface area contributed by atoms with Crippen LogP contribution in [0, 0.1) is 10.1 Å². The van der Waals surface area contributed by atoms with Gasteiger partial charge in [0.05, 0.1) is 4.92 Å². The average molecular weight is 303 g/mol. The number of non-ortho nitro benzene ring substituents is 1. The summed E-state index contributed by atoms with van der Waals surface area (Å²) in [6, 6.07) is 13.2. The highest BCUT2D eigenvalue weighted by atomic mass is 35.5. The van der Waals surface area contributed by atoms with Gasteiger partial charge >= 0.3 is 0 Å². The number of nitrogens with zero attached hydrogens (tertiary/aromatic N) is 1. The molecule has 0 radical (unpaired) electrons. The summed E-state index contributed by atoms with van der Waals surface area (Å²) in [6.07, 6.45) is 2.11. The fourth-order valence-corrected chi connectivity index (χ4v) is 3.00. The Morgan fingerprint density at radius 2 is 2.10 bits per heavy atom. The van der Waals surface area contributed by atoms with E-state index in [0.29, 0.717) is 11.6 Å². The zero-order valence-electron chi connectivity index (χ0n) is 11.4. The van der Waals surface area contributed by atoms with Crippen molar-refractivity contribution in [1.82, 2.24) is 5.32 Å². The molecular formula is C16H15ClN2O2. The highest BCUT2D eigenvalue weighted by molar-refractivity contribution is 6.31. The molecule has 1 atom stereocenters. The van der Waals surface area contributed by atoms with Crippen molar-refractivity contribution in [3.05, 3.63) is 74.3 Å². The van der Waals surface area contributed by atoms with Crippen molar-refractivity contribution in [1.29, 1.82) is 0 Å². The molecule has 1 aliphatic carbocycles. The summed E-state index contributed by atoms with van der Waals surface area (Å²) in [5.41, 5.74) is 3.53. The van der Waals surface area contributed by atoms with E-state index in [1.165, 1.54) is 23.3 Å². The molecule has 0 saturated heterocycles. The molecule has 0 unspecified atom stereocenters. The summed E-state index contributed by atoms with van der Waals surface area (Å²) in [7, 11) is 0. The van der Waals surface area contributed by atoms with Crippen molar-refractivity contribution >= 4 is 17.3 Å². The number of fused-ring (bicyclic) bond motifs is 1. The Hall–Kier alpha value is -1.91. The van der Waals surface area contributed by atoms with E-state index in [1.54, 1.807) is 6.07 Å². The lowest BCUT2D eigenvalue weighted by atomic mass is 10.1. The van der Waals surface area contributed by atoms with Gasteiger partial charge in [-0.25, -0.2) is 0 Å². The minimum absolute atomic E-state index is 0.0722. The normalized spacial score (nSPS) is 16.7. The predicted molar refractivity (Wildman–Crippen MR) is 82.5 cm³/mol. The summed E-state index contributed by atoms with van der Waals surface area (Å²) in [5.74, 6) is 0. The molecule has 1 N–H and O–H groups in total. The van der Waals surface area contributed by atoms with Crippen LogP contribution in [0.1, 0.15) is 29.2 Å². The van der Waals surface area contributed by atoms with E-state index >= 15 is 0 Å². The van der Waals surface area contributed by atoms with Gasteiger partial charge in [0.1, 0.15) is 0 Å². The molecule has 2 aromatic carbocycles. The Morgan fingerprint density at radius 1 is 1.29 bits per heavy atom. The van der Waals surface area contributed by atoms with Crippen molar-refractivity contribution in [2.75, 3.05) is 0 Å². The molecule has 0 spiro atoms. The van der Waals surface area contributed by atoms with Gasteiger partial charge in [-0.1, -0.05) is 35.9 Å². The maximum Gasteiger partial charge on any atom is 0.269 e. The number of rotatable bonds is 4. The molecule has 0 bridgehead atoms. The van der Waals surface area contributed by atoms with Crippen LogP contribution in [0.2, 0.25) is 5.02 Å². The number of halogens is 1. The second-order valence-corrected chi connectivity index (χ2v) is 5.61. The molecule has 1 aliphatic rings. The number of benzene rings is 2. The number of nitro groups is 1. The van der Waals surface area contributed by atoms with Gasteiger partial charge in [-0.05, 0) is 35.6 Å². The molecule has 108 valence electrons. The lowest BCUT2D eigenvalue weighted by Crippen LogP contribution is -2.18. The van der Waals surface area contributed by atoms with Crippen molar-refractivity contribution in [3.8, 4) is 0 Å². The molecule has 0 aromatic heterocycles. The van der Waals surface area contributed by atoms with E-state index in [1.807, 2.05) is 6.07 Å². The molecule has 4 nitrogen and oxygen atoms in total. The first-order valence-electron chi connectivity index (χ1n) is 6.89. The van der Waals surface area contributed by atoms with E-state index in [-0.39, 0.29) is 11.7 Å². The monoisotopic (exact) mass is 302 g/mol. The third-order valence-corrected chi connectivity index (χ3v) is 4.28. The largest absolute Gasteiger partial charge is 0.306 e. The Kier molecular flexibility index (Phi) is 3.90. The highest BCUT2D eigenvalue weighted by Crippen LogP contribution is 2.31. The van der Waals surface area contributed by atoms with Gasteiger partial charge in [-0.3, -0.25) is 10.1 Å². The van der Waals surface area contributed by atoms with Crippen LogP contribution in [0.25, 0.3) is 0 Å². The van der Waals surface area contributed by atoms with E-state index in [4.69, 9.17) is 11.6 Å². The van der Waals surface area contributed by atoms with Gasteiger partial charge in [0, 0.05) is 29.7 Å². The van der Waals surface area contributed by atoms with Crippen molar-refractivity contribution < 1.29 is 4.92 Å². The standard InChI is InChI=1S/C16H15ClN2O2/c17-15-7-6-13(19(20)21)9-12(15)10-18-16-8-5-11-3-1-2-4-14(11)16/h1-4,6-7,9,16,18H,5,8,10H2/t16-/m1/s1. The van der Waals surface area contributed by atoms with Gasteiger partial charge in [0.25, 0.3) is 5.69 Å². The van der Waals surface area contributed by atoms with Crippen molar-refractivity contribution in [2.24, 2.45) is 0 Å². The zero-order chi connectivity index (χ0) is 14.8. The smallest absolute Gasteiger partial charge is 0.269 e. The quantitative estimate of drug-likeness (QED) is 0.685. The van der Waals surface area contributed by atoms with Crippen LogP contribution in [-0.4, -0.2) is 4.92 Å². The minimum Gasteiger partial charge on any atom is -0.306 e. The number of nitro benzene ring substituents is 1. The van der Waals surface area contributed by atoms with Crippen molar-refractivity contribution in [2.45, 2.75) is 25.4 Å². The van der Waals surface area contributed by atoms with E-state index in [9.17, 15) is 10.1 Å². The SMILES string of the molecule is O=[N+]([O-])c1ccc(Cl)c(CN[C@@H]2CCc3ccccc32)c1. The van der Waals surface area contributed by atoms with Crippen LogP contribution in [0.15, 0.2) is 42.5 Å². The van der Waals surface area contributed by atoms with Gasteiger partial charge in [-0.2, -0.15) is 0 Å². The molecular weight excluding hydrogens is 288 g/mol. The zero-order valence-corrected chi connectivity index (χ0v) is 12.1. The molecule has 0 heterocycles. The summed E-state index contributed by atoms with van der Waals surface area (Å²) in [4.78, 5) is 10.4. The Morgan fingerprint density at radius 3 is 2.90 bits per heavy atom. The molecule has 3 rings (SSSR count). The van der Waals surface area contributed by atoms with Gasteiger partial charge < -0.3 is 5.32 Å². The Balaban J connectivity index is 1.74. The molecule has 2 aromatic rings. The molecule has 0 amide bonds. The second kappa shape index (κ2) is 5.84. The highest BCUT2D eigenvalue weighted by Gasteiger charge is 2.21. The number of aryl methyl sites for hydroxylation is 1. The average Bonchev–Trinajstić information content (AvgIpc) is 2.89. The fourth-order valence-electron chi connectivity index (χ4n) is 2.81. The first-order chi connectivity index (χ1) is 10.1. The minimum atomic E-state index is -0.398. The maximum atomic E-state index is 10.8. The molecule has 5 heteroatoms. The second-order valence-electron chi connectivity index (χ2n) is 5.20. The number of nitrogens with one attached hydrogen (secondary N) is 1. The molecule has 21 heavy (non-hydrogen) atoms. The topological polar surface area (TPSA) is 55.2 Å². The third kappa shape index (κ3) is 2.91. The fraction of sp³-hybridized carbons (Fsp3) is 0.250. The van der Waals surface area contributed by atoms with Crippen LogP contribution >= 0.6 is 11.6 Å². The Labute approximate surface area is 127 Å². The Bertz CT molecular complexity index is 688. The number of hydrogen-bond acceptors (Lipinski definition) is 3. The lowest BCUT2D eigenvalue weighted by Gasteiger charge is -2.14. The summed E-state index contributed by atoms with van der Waals surface area (Å²) in [5, 5.41) is 14.8. The molecule has 0 aliphatic heterocycles. The van der Waals surface area contributed by atoms with E-state index < -0.39 is 4.92 Å². The van der Waals surface area contributed by atoms with Crippen LogP contribution < -0.4 is 5.32 Å². The van der Waals surface area contributed by atoms with E-state index in [0.717, 1.165) is 18.4 Å². The van der Waals surface area contributed by atoms with E-state index in [2.05, 4.69) is 23.5 Å². The van der Waals surface area contributed by atoms with Crippen molar-refractivity contribution in [3.63, 3.8) is 0 Å². The first kappa shape index (κ1) is 14.0. The van der Waals surface area contributed by atoms with Gasteiger partial charge in [0.2, 0.25) is 0 Å². The predicted octanol–water partition coefficient (Wildman–Crippen LogP) is 4.03. The van der Waals surface area contributed by atoms with Gasteiger partial charge in [-0.15, -0.1) is 0 Å². The number of hydrogen-bond donors (Lipinski definition) is 1. The molecule has 0 fully saturated rings. The first-order valence-corrected chi connectivity index (χ1v) is 7.27.